The van der Waals surface area contributed by atoms with Gasteiger partial charge in [-0.3, -0.25) is 4.72 Å². The molecule has 20 heavy (non-hydrogen) atoms. The van der Waals surface area contributed by atoms with E-state index in [9.17, 15) is 12.8 Å². The minimum atomic E-state index is -3.81. The predicted molar refractivity (Wildman–Crippen MR) is 75.8 cm³/mol. The van der Waals surface area contributed by atoms with Gasteiger partial charge in [-0.05, 0) is 39.0 Å². The van der Waals surface area contributed by atoms with Crippen LogP contribution in [-0.4, -0.2) is 25.7 Å². The molecule has 0 spiro atoms. The summed E-state index contributed by atoms with van der Waals surface area (Å²) < 4.78 is 41.7. The number of halogens is 1. The van der Waals surface area contributed by atoms with Crippen molar-refractivity contribution in [2.45, 2.75) is 26.3 Å². The highest BCUT2D eigenvalue weighted by atomic mass is 32.2. The molecule has 0 radical (unpaired) electrons. The van der Waals surface area contributed by atoms with E-state index in [1.54, 1.807) is 20.8 Å². The number of nitrogens with one attached hydrogen (secondary N) is 2. The third-order valence-corrected chi connectivity index (χ3v) is 3.34. The molecule has 0 unspecified atom stereocenters. The van der Waals surface area contributed by atoms with E-state index in [0.717, 1.165) is 12.1 Å². The molecule has 0 aromatic heterocycles. The summed E-state index contributed by atoms with van der Waals surface area (Å²) in [5, 5.41) is 8.65. The zero-order valence-corrected chi connectivity index (χ0v) is 12.3. The van der Waals surface area contributed by atoms with Crippen LogP contribution in [0.2, 0.25) is 0 Å². The zero-order chi connectivity index (χ0) is 15.4. The van der Waals surface area contributed by atoms with E-state index in [1.165, 1.54) is 6.07 Å². The molecular formula is C13H17FN2O3S. The fourth-order valence-corrected chi connectivity index (χ4v) is 2.74. The second-order valence-corrected chi connectivity index (χ2v) is 6.52. The van der Waals surface area contributed by atoms with Crippen LogP contribution in [0.25, 0.3) is 0 Å². The Morgan fingerprint density at radius 1 is 1.35 bits per heavy atom. The third-order valence-electron chi connectivity index (χ3n) is 1.97. The number of rotatable bonds is 3. The normalized spacial score (nSPS) is 11.7. The van der Waals surface area contributed by atoms with E-state index in [0.29, 0.717) is 0 Å². The third kappa shape index (κ3) is 5.57. The molecule has 0 bridgehead atoms. The molecule has 0 aliphatic carbocycles. The van der Waals surface area contributed by atoms with E-state index in [-0.39, 0.29) is 11.3 Å². The average molecular weight is 300 g/mol. The largest absolute Gasteiger partial charge is 0.384 e. The molecule has 1 rings (SSSR count). The standard InChI is InChI=1S/C13H17FN2O3S/c1-13(2,3)16-20(18,19)15-12-7-6-11(14)9-10(12)5-4-8-17/h6-7,9,15-17H,8H2,1-3H3. The van der Waals surface area contributed by atoms with Gasteiger partial charge in [0, 0.05) is 5.54 Å². The first-order valence-corrected chi connectivity index (χ1v) is 7.32. The van der Waals surface area contributed by atoms with Gasteiger partial charge < -0.3 is 5.11 Å². The van der Waals surface area contributed by atoms with Crippen LogP contribution in [0.15, 0.2) is 18.2 Å². The van der Waals surface area contributed by atoms with Gasteiger partial charge in [0.2, 0.25) is 0 Å². The second kappa shape index (κ2) is 6.22. The molecule has 0 saturated carbocycles. The number of anilines is 1. The van der Waals surface area contributed by atoms with E-state index in [4.69, 9.17) is 5.11 Å². The van der Waals surface area contributed by atoms with Crippen LogP contribution < -0.4 is 9.44 Å². The van der Waals surface area contributed by atoms with Crippen molar-refractivity contribution >= 4 is 15.9 Å². The SMILES string of the molecule is CC(C)(C)NS(=O)(=O)Nc1ccc(F)cc1C#CCO. The molecule has 0 aliphatic heterocycles. The smallest absolute Gasteiger partial charge is 0.299 e. The fraction of sp³-hybridized carbons (Fsp3) is 0.385. The lowest BCUT2D eigenvalue weighted by Gasteiger charge is -2.21. The Bertz CT molecular complexity index is 640. The summed E-state index contributed by atoms with van der Waals surface area (Å²) in [6.07, 6.45) is 0. The lowest BCUT2D eigenvalue weighted by atomic mass is 10.1. The predicted octanol–water partition coefficient (Wildman–Crippen LogP) is 1.21. The molecule has 3 N–H and O–H groups in total. The van der Waals surface area contributed by atoms with Crippen molar-refractivity contribution in [3.63, 3.8) is 0 Å². The quantitative estimate of drug-likeness (QED) is 0.734. The van der Waals surface area contributed by atoms with Gasteiger partial charge in [-0.1, -0.05) is 11.8 Å². The van der Waals surface area contributed by atoms with E-state index < -0.39 is 28.2 Å². The summed E-state index contributed by atoms with van der Waals surface area (Å²) in [6.45, 7) is 4.69. The Morgan fingerprint density at radius 2 is 2.00 bits per heavy atom. The average Bonchev–Trinajstić information content (AvgIpc) is 2.26. The first-order valence-electron chi connectivity index (χ1n) is 5.84. The zero-order valence-electron chi connectivity index (χ0n) is 11.5. The summed E-state index contributed by atoms with van der Waals surface area (Å²) in [6, 6.07) is 3.50. The van der Waals surface area contributed by atoms with E-state index in [1.807, 2.05) is 0 Å². The van der Waals surface area contributed by atoms with Gasteiger partial charge >= 0.3 is 0 Å². The molecule has 0 fully saturated rings. The van der Waals surface area contributed by atoms with Gasteiger partial charge in [0.1, 0.15) is 12.4 Å². The maximum Gasteiger partial charge on any atom is 0.299 e. The van der Waals surface area contributed by atoms with Crippen LogP contribution in [0.4, 0.5) is 10.1 Å². The van der Waals surface area contributed by atoms with Gasteiger partial charge in [-0.25, -0.2) is 4.39 Å². The van der Waals surface area contributed by atoms with Gasteiger partial charge in [-0.15, -0.1) is 0 Å². The van der Waals surface area contributed by atoms with Gasteiger partial charge in [0.25, 0.3) is 10.2 Å². The van der Waals surface area contributed by atoms with Gasteiger partial charge in [0.05, 0.1) is 11.3 Å². The van der Waals surface area contributed by atoms with Crippen molar-refractivity contribution in [2.24, 2.45) is 0 Å². The second-order valence-electron chi connectivity index (χ2n) is 5.11. The van der Waals surface area contributed by atoms with Crippen LogP contribution in [-0.2, 0) is 10.2 Å². The van der Waals surface area contributed by atoms with Crippen molar-refractivity contribution in [2.75, 3.05) is 11.3 Å². The number of aliphatic hydroxyl groups excluding tert-OH is 1. The van der Waals surface area contributed by atoms with E-state index >= 15 is 0 Å². The van der Waals surface area contributed by atoms with E-state index in [2.05, 4.69) is 21.3 Å². The molecule has 1 aromatic rings. The van der Waals surface area contributed by atoms with Crippen LogP contribution in [0, 0.1) is 17.7 Å². The van der Waals surface area contributed by atoms with Crippen molar-refractivity contribution < 1.29 is 17.9 Å². The summed E-state index contributed by atoms with van der Waals surface area (Å²) in [5.41, 5.74) is -0.356. The van der Waals surface area contributed by atoms with Crippen LogP contribution in [0.5, 0.6) is 0 Å². The first kappa shape index (κ1) is 16.4. The molecule has 0 aliphatic rings. The highest BCUT2D eigenvalue weighted by Gasteiger charge is 2.20. The van der Waals surface area contributed by atoms with Crippen molar-refractivity contribution in [3.8, 4) is 11.8 Å². The number of hydrogen-bond acceptors (Lipinski definition) is 3. The summed E-state index contributed by atoms with van der Waals surface area (Å²) >= 11 is 0. The molecule has 5 nitrogen and oxygen atoms in total. The lowest BCUT2D eigenvalue weighted by Crippen LogP contribution is -2.43. The molecule has 0 heterocycles. The van der Waals surface area contributed by atoms with Crippen LogP contribution in [0.1, 0.15) is 26.3 Å². The first-order chi connectivity index (χ1) is 9.13. The van der Waals surface area contributed by atoms with Crippen molar-refractivity contribution in [1.82, 2.24) is 4.72 Å². The maximum absolute atomic E-state index is 13.2. The highest BCUT2D eigenvalue weighted by Crippen LogP contribution is 2.17. The fourth-order valence-electron chi connectivity index (χ4n) is 1.42. The number of benzene rings is 1. The molecule has 0 atom stereocenters. The maximum atomic E-state index is 13.2. The molecular weight excluding hydrogens is 283 g/mol. The number of aliphatic hydroxyl groups is 1. The summed E-state index contributed by atoms with van der Waals surface area (Å²) in [4.78, 5) is 0. The van der Waals surface area contributed by atoms with Crippen molar-refractivity contribution in [3.05, 3.63) is 29.6 Å². The Labute approximate surface area is 118 Å². The Kier molecular flexibility index (Phi) is 5.11. The summed E-state index contributed by atoms with van der Waals surface area (Å²) in [5.74, 6) is 4.30. The number of hydrogen-bond donors (Lipinski definition) is 3. The van der Waals surface area contributed by atoms with Gasteiger partial charge in [-0.2, -0.15) is 13.1 Å². The van der Waals surface area contributed by atoms with Gasteiger partial charge in [0.15, 0.2) is 0 Å². The minimum absolute atomic E-state index is 0.143. The minimum Gasteiger partial charge on any atom is -0.384 e. The molecule has 0 amide bonds. The topological polar surface area (TPSA) is 78.4 Å². The van der Waals surface area contributed by atoms with Crippen LogP contribution >= 0.6 is 0 Å². The Balaban J connectivity index is 3.09. The summed E-state index contributed by atoms with van der Waals surface area (Å²) in [7, 11) is -3.81. The molecule has 110 valence electrons. The molecule has 0 saturated heterocycles. The highest BCUT2D eigenvalue weighted by molar-refractivity contribution is 7.90. The monoisotopic (exact) mass is 300 g/mol. The van der Waals surface area contributed by atoms with Crippen LogP contribution in [0.3, 0.4) is 0 Å². The molecule has 7 heteroatoms. The Hall–Kier alpha value is -1.62. The Morgan fingerprint density at radius 3 is 2.55 bits per heavy atom. The lowest BCUT2D eigenvalue weighted by molar-refractivity contribution is 0.350. The van der Waals surface area contributed by atoms with Crippen molar-refractivity contribution in [1.29, 1.82) is 0 Å². The molecule has 1 aromatic carbocycles.